The first-order valence-corrected chi connectivity index (χ1v) is 9.88. The fourth-order valence-corrected chi connectivity index (χ4v) is 4.72. The van der Waals surface area contributed by atoms with Gasteiger partial charge in [-0.05, 0) is 37.3 Å². The molecule has 1 unspecified atom stereocenters. The highest BCUT2D eigenvalue weighted by molar-refractivity contribution is 7.99. The molecule has 7 heteroatoms. The van der Waals surface area contributed by atoms with Crippen LogP contribution in [0.2, 0.25) is 0 Å². The Morgan fingerprint density at radius 1 is 1.04 bits per heavy atom. The molecule has 4 rings (SSSR count). The van der Waals surface area contributed by atoms with Crippen molar-refractivity contribution in [3.05, 3.63) is 48.0 Å². The van der Waals surface area contributed by atoms with Gasteiger partial charge in [0.2, 0.25) is 0 Å². The number of rotatable bonds is 3. The van der Waals surface area contributed by atoms with Gasteiger partial charge in [-0.2, -0.15) is 13.2 Å². The second-order valence-electron chi connectivity index (χ2n) is 6.92. The Labute approximate surface area is 161 Å². The van der Waals surface area contributed by atoms with Crippen LogP contribution in [0.25, 0.3) is 0 Å². The molecule has 1 saturated heterocycles. The molecular weight excluding hydrogens is 371 g/mol. The quantitative estimate of drug-likeness (QED) is 0.761. The van der Waals surface area contributed by atoms with Crippen molar-refractivity contribution in [1.82, 2.24) is 10.2 Å². The van der Waals surface area contributed by atoms with Crippen LogP contribution in [0.4, 0.5) is 24.5 Å². The highest BCUT2D eigenvalue weighted by Gasteiger charge is 2.34. The van der Waals surface area contributed by atoms with Crippen molar-refractivity contribution in [2.45, 2.75) is 28.9 Å². The molecule has 3 nitrogen and oxygen atoms in total. The van der Waals surface area contributed by atoms with Crippen LogP contribution in [0.1, 0.15) is 12.5 Å². The minimum Gasteiger partial charge on any atom is -0.338 e. The zero-order valence-electron chi connectivity index (χ0n) is 15.0. The van der Waals surface area contributed by atoms with Crippen molar-refractivity contribution >= 4 is 23.1 Å². The smallest absolute Gasteiger partial charge is 0.338 e. The Morgan fingerprint density at radius 2 is 1.74 bits per heavy atom. The van der Waals surface area contributed by atoms with Crippen molar-refractivity contribution in [3.63, 3.8) is 0 Å². The summed E-state index contributed by atoms with van der Waals surface area (Å²) in [6.07, 6.45) is -4.34. The molecule has 0 N–H and O–H groups in total. The van der Waals surface area contributed by atoms with Gasteiger partial charge in [0.1, 0.15) is 0 Å². The molecule has 0 saturated carbocycles. The van der Waals surface area contributed by atoms with Crippen LogP contribution < -0.4 is 10.2 Å². The SMILES string of the molecule is CC(CN1c2ccccc2Sc2ccc(C(F)(F)F)cc21)N1CC[N]CC1. The number of hydrogen-bond donors (Lipinski definition) is 0. The molecule has 0 bridgehead atoms. The van der Waals surface area contributed by atoms with E-state index >= 15 is 0 Å². The van der Waals surface area contributed by atoms with Gasteiger partial charge in [-0.15, -0.1) is 0 Å². The standard InChI is InChI=1S/C20H21F3N3S/c1-14(25-10-8-24-9-11-25)13-26-16-4-2-3-5-18(16)27-19-7-6-15(12-17(19)26)20(21,22)23/h2-7,12,14H,8-11,13H2,1H3. The van der Waals surface area contributed by atoms with Crippen LogP contribution in [0.15, 0.2) is 52.3 Å². The number of anilines is 2. The van der Waals surface area contributed by atoms with Gasteiger partial charge in [0.05, 0.1) is 16.9 Å². The summed E-state index contributed by atoms with van der Waals surface area (Å²) in [4.78, 5) is 6.35. The lowest BCUT2D eigenvalue weighted by Crippen LogP contribution is -2.48. The molecular formula is C20H21F3N3S. The molecule has 2 heterocycles. The Morgan fingerprint density at radius 3 is 2.48 bits per heavy atom. The second kappa shape index (κ2) is 7.37. The van der Waals surface area contributed by atoms with E-state index < -0.39 is 11.7 Å². The van der Waals surface area contributed by atoms with Gasteiger partial charge < -0.3 is 4.90 Å². The molecule has 2 aromatic rings. The first kappa shape index (κ1) is 18.7. The van der Waals surface area contributed by atoms with Crippen LogP contribution in [-0.4, -0.2) is 43.7 Å². The van der Waals surface area contributed by atoms with E-state index in [0.717, 1.165) is 41.7 Å². The summed E-state index contributed by atoms with van der Waals surface area (Å²) in [5, 5.41) is 4.38. The molecule has 1 fully saturated rings. The first-order chi connectivity index (χ1) is 12.9. The number of para-hydroxylation sites is 1. The summed E-state index contributed by atoms with van der Waals surface area (Å²) < 4.78 is 39.9. The fourth-order valence-electron chi connectivity index (χ4n) is 3.64. The number of benzene rings is 2. The number of halogens is 3. The average Bonchev–Trinajstić information content (AvgIpc) is 2.67. The second-order valence-corrected chi connectivity index (χ2v) is 8.00. The van der Waals surface area contributed by atoms with E-state index in [9.17, 15) is 13.2 Å². The van der Waals surface area contributed by atoms with E-state index in [2.05, 4.69) is 17.1 Å². The third-order valence-corrected chi connectivity index (χ3v) is 6.24. The fraction of sp³-hybridized carbons (Fsp3) is 0.400. The molecule has 0 aromatic heterocycles. The van der Waals surface area contributed by atoms with E-state index in [1.54, 1.807) is 6.07 Å². The van der Waals surface area contributed by atoms with E-state index in [1.165, 1.54) is 23.9 Å². The van der Waals surface area contributed by atoms with Gasteiger partial charge in [0.15, 0.2) is 0 Å². The summed E-state index contributed by atoms with van der Waals surface area (Å²) in [7, 11) is 0. The minimum absolute atomic E-state index is 0.221. The van der Waals surface area contributed by atoms with E-state index in [0.29, 0.717) is 12.2 Å². The van der Waals surface area contributed by atoms with Crippen LogP contribution in [-0.2, 0) is 6.18 Å². The summed E-state index contributed by atoms with van der Waals surface area (Å²) in [5.41, 5.74) is 1.01. The number of alkyl halides is 3. The van der Waals surface area contributed by atoms with Crippen LogP contribution in [0, 0.1) is 0 Å². The molecule has 27 heavy (non-hydrogen) atoms. The lowest BCUT2D eigenvalue weighted by atomic mass is 10.1. The average molecular weight is 392 g/mol. The molecule has 2 aliphatic heterocycles. The monoisotopic (exact) mass is 392 g/mol. The topological polar surface area (TPSA) is 20.6 Å². The molecule has 0 aliphatic carbocycles. The minimum atomic E-state index is -4.34. The molecule has 1 atom stereocenters. The molecule has 2 aliphatic rings. The van der Waals surface area contributed by atoms with Crippen LogP contribution in [0.3, 0.4) is 0 Å². The van der Waals surface area contributed by atoms with Gasteiger partial charge in [0.25, 0.3) is 0 Å². The Bertz CT molecular complexity index is 818. The van der Waals surface area contributed by atoms with Crippen molar-refractivity contribution < 1.29 is 13.2 Å². The Hall–Kier alpha value is -1.70. The van der Waals surface area contributed by atoms with Crippen molar-refractivity contribution in [2.24, 2.45) is 0 Å². The highest BCUT2D eigenvalue weighted by atomic mass is 32.2. The molecule has 1 radical (unpaired) electrons. The van der Waals surface area contributed by atoms with Gasteiger partial charge in [-0.3, -0.25) is 4.90 Å². The predicted octanol–water partition coefficient (Wildman–Crippen LogP) is 4.62. The van der Waals surface area contributed by atoms with E-state index in [1.807, 2.05) is 29.2 Å². The maximum Gasteiger partial charge on any atom is 0.416 e. The van der Waals surface area contributed by atoms with Crippen LogP contribution >= 0.6 is 11.8 Å². The highest BCUT2D eigenvalue weighted by Crippen LogP contribution is 2.49. The summed E-state index contributed by atoms with van der Waals surface area (Å²) >= 11 is 1.53. The molecule has 143 valence electrons. The largest absolute Gasteiger partial charge is 0.416 e. The summed E-state index contributed by atoms with van der Waals surface area (Å²) in [6.45, 7) is 6.24. The Balaban J connectivity index is 1.70. The van der Waals surface area contributed by atoms with Crippen molar-refractivity contribution in [1.29, 1.82) is 0 Å². The zero-order chi connectivity index (χ0) is 19.0. The number of hydrogen-bond acceptors (Lipinski definition) is 3. The maximum atomic E-state index is 13.3. The normalized spacial score (nSPS) is 18.7. The van der Waals surface area contributed by atoms with Crippen molar-refractivity contribution in [2.75, 3.05) is 37.6 Å². The van der Waals surface area contributed by atoms with Gasteiger partial charge >= 0.3 is 6.18 Å². The number of piperazine rings is 1. The molecule has 2 aromatic carbocycles. The maximum absolute atomic E-state index is 13.3. The summed E-state index contributed by atoms with van der Waals surface area (Å²) in [6, 6.07) is 12.2. The lowest BCUT2D eigenvalue weighted by Gasteiger charge is -2.39. The van der Waals surface area contributed by atoms with Gasteiger partial charge in [-0.25, -0.2) is 5.32 Å². The van der Waals surface area contributed by atoms with Crippen LogP contribution in [0.5, 0.6) is 0 Å². The third kappa shape index (κ3) is 3.81. The predicted molar refractivity (Wildman–Crippen MR) is 102 cm³/mol. The van der Waals surface area contributed by atoms with Gasteiger partial charge in [0, 0.05) is 48.6 Å². The van der Waals surface area contributed by atoms with E-state index in [-0.39, 0.29) is 6.04 Å². The lowest BCUT2D eigenvalue weighted by molar-refractivity contribution is -0.137. The first-order valence-electron chi connectivity index (χ1n) is 9.06. The Kier molecular flexibility index (Phi) is 5.09. The third-order valence-electron chi connectivity index (χ3n) is 5.11. The van der Waals surface area contributed by atoms with Gasteiger partial charge in [-0.1, -0.05) is 23.9 Å². The zero-order valence-corrected chi connectivity index (χ0v) is 15.9. The van der Waals surface area contributed by atoms with E-state index in [4.69, 9.17) is 0 Å². The number of fused-ring (bicyclic) bond motifs is 2. The summed E-state index contributed by atoms with van der Waals surface area (Å²) in [5.74, 6) is 0. The molecule has 0 amide bonds. The molecule has 0 spiro atoms. The number of nitrogens with zero attached hydrogens (tertiary/aromatic N) is 3. The van der Waals surface area contributed by atoms with Crippen molar-refractivity contribution in [3.8, 4) is 0 Å².